The maximum Gasteiger partial charge on any atom is 0.273 e. The summed E-state index contributed by atoms with van der Waals surface area (Å²) in [6, 6.07) is 9.09. The Bertz CT molecular complexity index is 930. The lowest BCUT2D eigenvalue weighted by Crippen LogP contribution is -2.50. The van der Waals surface area contributed by atoms with E-state index in [1.165, 1.54) is 47.4 Å². The number of fused-ring (bicyclic) bond motifs is 1. The molecule has 0 spiro atoms. The molecule has 9 heteroatoms. The minimum absolute atomic E-state index is 0.169. The summed E-state index contributed by atoms with van der Waals surface area (Å²) in [6.45, 7) is 3.25. The zero-order valence-corrected chi connectivity index (χ0v) is 15.2. The van der Waals surface area contributed by atoms with Crippen LogP contribution in [-0.4, -0.2) is 29.4 Å². The predicted molar refractivity (Wildman–Crippen MR) is 99.7 cm³/mol. The first-order valence-electron chi connectivity index (χ1n) is 8.58. The molecule has 1 aliphatic heterocycles. The molecule has 8 nitrogen and oxygen atoms in total. The summed E-state index contributed by atoms with van der Waals surface area (Å²) in [7, 11) is 0. The minimum atomic E-state index is -0.867. The Kier molecular flexibility index (Phi) is 5.25. The molecule has 3 rings (SSSR count). The number of carbonyl (C=O) groups excluding carboxylic acids is 2. The first-order chi connectivity index (χ1) is 13.3. The normalized spacial score (nSPS) is 15.8. The van der Waals surface area contributed by atoms with Gasteiger partial charge in [-0.1, -0.05) is 13.8 Å². The van der Waals surface area contributed by atoms with Crippen molar-refractivity contribution in [3.8, 4) is 5.75 Å². The third kappa shape index (κ3) is 3.93. The van der Waals surface area contributed by atoms with E-state index < -0.39 is 28.7 Å². The molecule has 0 saturated heterocycles. The minimum Gasteiger partial charge on any atom is -0.478 e. The Balaban J connectivity index is 1.87. The van der Waals surface area contributed by atoms with Gasteiger partial charge in [-0.2, -0.15) is 0 Å². The summed E-state index contributed by atoms with van der Waals surface area (Å²) in [5.74, 6) is -1.37. The summed E-state index contributed by atoms with van der Waals surface area (Å²) < 4.78 is 18.7. The second-order valence-electron chi connectivity index (χ2n) is 6.67. The van der Waals surface area contributed by atoms with Crippen molar-refractivity contribution in [2.45, 2.75) is 20.0 Å². The number of anilines is 2. The average molecular weight is 387 g/mol. The van der Waals surface area contributed by atoms with Crippen LogP contribution in [0, 0.1) is 21.8 Å². The van der Waals surface area contributed by atoms with Crippen LogP contribution < -0.4 is 15.0 Å². The van der Waals surface area contributed by atoms with Gasteiger partial charge >= 0.3 is 0 Å². The number of hydrogen-bond acceptors (Lipinski definition) is 5. The zero-order chi connectivity index (χ0) is 20.4. The van der Waals surface area contributed by atoms with E-state index in [1.54, 1.807) is 13.8 Å². The van der Waals surface area contributed by atoms with Crippen molar-refractivity contribution in [2.75, 3.05) is 16.8 Å². The monoisotopic (exact) mass is 387 g/mol. The Hall–Kier alpha value is -3.49. The molecule has 0 bridgehead atoms. The van der Waals surface area contributed by atoms with E-state index in [-0.39, 0.29) is 29.6 Å². The molecule has 0 aromatic heterocycles. The molecule has 1 aliphatic rings. The van der Waals surface area contributed by atoms with Gasteiger partial charge in [0.05, 0.1) is 16.7 Å². The molecule has 1 unspecified atom stereocenters. The van der Waals surface area contributed by atoms with Crippen LogP contribution in [0.1, 0.15) is 13.8 Å². The van der Waals surface area contributed by atoms with E-state index in [0.29, 0.717) is 5.69 Å². The fourth-order valence-electron chi connectivity index (χ4n) is 2.85. The molecule has 1 heterocycles. The highest BCUT2D eigenvalue weighted by molar-refractivity contribution is 6.06. The largest absolute Gasteiger partial charge is 0.478 e. The van der Waals surface area contributed by atoms with Crippen LogP contribution >= 0.6 is 0 Å². The number of nitrogens with zero attached hydrogens (tertiary/aromatic N) is 2. The summed E-state index contributed by atoms with van der Waals surface area (Å²) in [5, 5.41) is 13.6. The number of halogens is 1. The Labute approximate surface area is 160 Å². The highest BCUT2D eigenvalue weighted by atomic mass is 19.1. The second-order valence-corrected chi connectivity index (χ2v) is 6.67. The quantitative estimate of drug-likeness (QED) is 0.627. The molecule has 0 aliphatic carbocycles. The van der Waals surface area contributed by atoms with Gasteiger partial charge in [-0.25, -0.2) is 4.39 Å². The summed E-state index contributed by atoms with van der Waals surface area (Å²) >= 11 is 0. The van der Waals surface area contributed by atoms with Crippen LogP contribution in [0.4, 0.5) is 21.5 Å². The van der Waals surface area contributed by atoms with E-state index in [2.05, 4.69) is 5.32 Å². The SMILES string of the molecule is CC(C)C1Oc2cc([N+](=O)[O-])ccc2N(CC(=O)Nc2ccc(F)cc2)C1=O. The number of non-ortho nitro benzene ring substituents is 1. The zero-order valence-electron chi connectivity index (χ0n) is 15.2. The lowest BCUT2D eigenvalue weighted by molar-refractivity contribution is -0.384. The summed E-state index contributed by atoms with van der Waals surface area (Å²) in [6.07, 6.45) is -0.867. The molecule has 0 radical (unpaired) electrons. The smallest absolute Gasteiger partial charge is 0.273 e. The molecule has 146 valence electrons. The van der Waals surface area contributed by atoms with Crippen molar-refractivity contribution in [3.63, 3.8) is 0 Å². The van der Waals surface area contributed by atoms with Crippen molar-refractivity contribution < 1.29 is 23.6 Å². The van der Waals surface area contributed by atoms with E-state index >= 15 is 0 Å². The van der Waals surface area contributed by atoms with Crippen LogP contribution in [0.15, 0.2) is 42.5 Å². The van der Waals surface area contributed by atoms with E-state index in [9.17, 15) is 24.1 Å². The third-order valence-electron chi connectivity index (χ3n) is 4.24. The number of benzene rings is 2. The molecule has 2 aromatic rings. The van der Waals surface area contributed by atoms with Gasteiger partial charge in [0.25, 0.3) is 11.6 Å². The molecule has 2 aromatic carbocycles. The third-order valence-corrected chi connectivity index (χ3v) is 4.24. The van der Waals surface area contributed by atoms with Gasteiger partial charge in [-0.15, -0.1) is 0 Å². The van der Waals surface area contributed by atoms with Crippen LogP contribution in [0.2, 0.25) is 0 Å². The van der Waals surface area contributed by atoms with Crippen molar-refractivity contribution in [2.24, 2.45) is 5.92 Å². The molecule has 28 heavy (non-hydrogen) atoms. The number of rotatable bonds is 5. The fraction of sp³-hybridized carbons (Fsp3) is 0.263. The van der Waals surface area contributed by atoms with Gasteiger partial charge < -0.3 is 10.1 Å². The second kappa shape index (κ2) is 7.63. The van der Waals surface area contributed by atoms with E-state index in [4.69, 9.17) is 4.74 Å². The summed E-state index contributed by atoms with van der Waals surface area (Å²) in [4.78, 5) is 37.0. The van der Waals surface area contributed by atoms with Crippen LogP contribution in [-0.2, 0) is 9.59 Å². The van der Waals surface area contributed by atoms with Crippen molar-refractivity contribution >= 4 is 28.9 Å². The number of nitro benzene ring substituents is 1. The highest BCUT2D eigenvalue weighted by Crippen LogP contribution is 2.38. The number of carbonyl (C=O) groups is 2. The van der Waals surface area contributed by atoms with Crippen molar-refractivity contribution in [3.05, 3.63) is 58.4 Å². The van der Waals surface area contributed by atoms with Gasteiger partial charge in [-0.3, -0.25) is 24.6 Å². The molecular formula is C19H18FN3O5. The van der Waals surface area contributed by atoms with Gasteiger partial charge in [0.15, 0.2) is 11.9 Å². The number of nitrogens with one attached hydrogen (secondary N) is 1. The number of nitro groups is 1. The van der Waals surface area contributed by atoms with Gasteiger partial charge in [0, 0.05) is 11.8 Å². The Morgan fingerprint density at radius 2 is 1.96 bits per heavy atom. The van der Waals surface area contributed by atoms with Gasteiger partial charge in [0.2, 0.25) is 5.91 Å². The van der Waals surface area contributed by atoms with E-state index in [1.807, 2.05) is 0 Å². The Morgan fingerprint density at radius 3 is 2.57 bits per heavy atom. The molecule has 1 N–H and O–H groups in total. The molecule has 2 amide bonds. The average Bonchev–Trinajstić information content (AvgIpc) is 2.65. The van der Waals surface area contributed by atoms with Gasteiger partial charge in [-0.05, 0) is 36.2 Å². The topological polar surface area (TPSA) is 102 Å². The van der Waals surface area contributed by atoms with Crippen LogP contribution in [0.3, 0.4) is 0 Å². The van der Waals surface area contributed by atoms with Crippen LogP contribution in [0.5, 0.6) is 5.75 Å². The van der Waals surface area contributed by atoms with Crippen LogP contribution in [0.25, 0.3) is 0 Å². The number of amides is 2. The summed E-state index contributed by atoms with van der Waals surface area (Å²) in [5.41, 5.74) is 0.490. The maximum absolute atomic E-state index is 13.0. The lowest BCUT2D eigenvalue weighted by Gasteiger charge is -2.35. The van der Waals surface area contributed by atoms with E-state index in [0.717, 1.165) is 0 Å². The molecule has 0 saturated carbocycles. The maximum atomic E-state index is 13.0. The first kappa shape index (κ1) is 19.3. The number of hydrogen-bond donors (Lipinski definition) is 1. The molecular weight excluding hydrogens is 369 g/mol. The first-order valence-corrected chi connectivity index (χ1v) is 8.58. The Morgan fingerprint density at radius 1 is 1.29 bits per heavy atom. The lowest BCUT2D eigenvalue weighted by atomic mass is 10.0. The van der Waals surface area contributed by atoms with Crippen molar-refractivity contribution in [1.29, 1.82) is 0 Å². The number of ether oxygens (including phenoxy) is 1. The predicted octanol–water partition coefficient (Wildman–Crippen LogP) is 3.12. The van der Waals surface area contributed by atoms with Gasteiger partial charge in [0.1, 0.15) is 12.4 Å². The molecule has 1 atom stereocenters. The van der Waals surface area contributed by atoms with Crippen molar-refractivity contribution in [1.82, 2.24) is 0 Å². The standard InChI is InChI=1S/C19H18FN3O5/c1-11(2)18-19(25)22(10-17(24)21-13-5-3-12(20)4-6-13)15-8-7-14(23(26)27)9-16(15)28-18/h3-9,11,18H,10H2,1-2H3,(H,21,24). The highest BCUT2D eigenvalue weighted by Gasteiger charge is 2.38. The molecule has 0 fully saturated rings. The fourth-order valence-corrected chi connectivity index (χ4v) is 2.85.